The Balaban J connectivity index is 0.00000312. The van der Waals surface area contributed by atoms with Gasteiger partial charge in [0.25, 0.3) is 0 Å². The van der Waals surface area contributed by atoms with Crippen molar-refractivity contribution in [3.8, 4) is 5.75 Å². The molecule has 0 amide bonds. The van der Waals surface area contributed by atoms with Crippen LogP contribution in [0.1, 0.15) is 32.3 Å². The number of rotatable bonds is 9. The van der Waals surface area contributed by atoms with Crippen LogP contribution in [0.3, 0.4) is 0 Å². The lowest BCUT2D eigenvalue weighted by Gasteiger charge is -2.19. The fraction of sp³-hybridized carbons (Fsp3) is 0.632. The minimum absolute atomic E-state index is 0. The number of nitrogens with two attached hydrogens (primary N) is 1. The van der Waals surface area contributed by atoms with Crippen molar-refractivity contribution in [1.82, 2.24) is 9.80 Å². The molecule has 1 aromatic rings. The first-order valence-electron chi connectivity index (χ1n) is 9.22. The molecule has 0 aromatic heterocycles. The minimum atomic E-state index is 0. The number of halogens is 1. The summed E-state index contributed by atoms with van der Waals surface area (Å²) >= 11 is 0. The Hall–Kier alpha value is -1.02. The van der Waals surface area contributed by atoms with Crippen LogP contribution in [0, 0.1) is 0 Å². The molecule has 0 unspecified atom stereocenters. The summed E-state index contributed by atoms with van der Waals surface area (Å²) in [7, 11) is 0. The van der Waals surface area contributed by atoms with Gasteiger partial charge in [-0.3, -0.25) is 9.89 Å². The molecule has 1 aliphatic heterocycles. The third-order valence-corrected chi connectivity index (χ3v) is 4.56. The Bertz CT molecular complexity index is 497. The molecule has 0 aliphatic carbocycles. The number of guanidine groups is 1. The SMILES string of the molecule is CCN(CC)C(N)=NCCc1ccc(OCCN2CCCC2)cc1.I. The Labute approximate surface area is 169 Å². The molecule has 6 heteroatoms. The van der Waals surface area contributed by atoms with Crippen molar-refractivity contribution < 1.29 is 4.74 Å². The minimum Gasteiger partial charge on any atom is -0.492 e. The smallest absolute Gasteiger partial charge is 0.191 e. The van der Waals surface area contributed by atoms with Crippen LogP contribution in [0.25, 0.3) is 0 Å². The molecule has 1 aromatic carbocycles. The molecule has 0 atom stereocenters. The molecular formula is C19H33IN4O. The van der Waals surface area contributed by atoms with Crippen molar-refractivity contribution in [2.75, 3.05) is 45.9 Å². The van der Waals surface area contributed by atoms with E-state index < -0.39 is 0 Å². The fourth-order valence-corrected chi connectivity index (χ4v) is 3.00. The van der Waals surface area contributed by atoms with E-state index in [2.05, 4.69) is 52.9 Å². The highest BCUT2D eigenvalue weighted by atomic mass is 127. The third kappa shape index (κ3) is 7.81. The maximum Gasteiger partial charge on any atom is 0.191 e. The lowest BCUT2D eigenvalue weighted by atomic mass is 10.1. The maximum absolute atomic E-state index is 5.99. The van der Waals surface area contributed by atoms with Gasteiger partial charge in [0.15, 0.2) is 5.96 Å². The van der Waals surface area contributed by atoms with Crippen LogP contribution in [0.15, 0.2) is 29.3 Å². The highest BCUT2D eigenvalue weighted by molar-refractivity contribution is 14.0. The summed E-state index contributed by atoms with van der Waals surface area (Å²) in [5.74, 6) is 1.59. The number of nitrogens with zero attached hydrogens (tertiary/aromatic N) is 3. The zero-order chi connectivity index (χ0) is 17.2. The summed E-state index contributed by atoms with van der Waals surface area (Å²) in [5.41, 5.74) is 7.25. The molecule has 0 bridgehead atoms. The predicted octanol–water partition coefficient (Wildman–Crippen LogP) is 2.98. The van der Waals surface area contributed by atoms with E-state index >= 15 is 0 Å². The highest BCUT2D eigenvalue weighted by Gasteiger charge is 2.10. The average Bonchev–Trinajstić information content (AvgIpc) is 3.11. The van der Waals surface area contributed by atoms with Crippen molar-refractivity contribution in [2.45, 2.75) is 33.1 Å². The van der Waals surface area contributed by atoms with E-state index in [-0.39, 0.29) is 24.0 Å². The van der Waals surface area contributed by atoms with E-state index in [0.717, 1.165) is 45.0 Å². The quantitative estimate of drug-likeness (QED) is 0.350. The van der Waals surface area contributed by atoms with Crippen molar-refractivity contribution >= 4 is 29.9 Å². The Morgan fingerprint density at radius 1 is 1.16 bits per heavy atom. The predicted molar refractivity (Wildman–Crippen MR) is 116 cm³/mol. The van der Waals surface area contributed by atoms with Gasteiger partial charge in [0.05, 0.1) is 0 Å². The summed E-state index contributed by atoms with van der Waals surface area (Å²) in [4.78, 5) is 8.99. The maximum atomic E-state index is 5.99. The van der Waals surface area contributed by atoms with E-state index in [1.165, 1.54) is 31.5 Å². The zero-order valence-electron chi connectivity index (χ0n) is 15.6. The number of aliphatic imine (C=N–C) groups is 1. The van der Waals surface area contributed by atoms with Crippen molar-refractivity contribution in [3.05, 3.63) is 29.8 Å². The van der Waals surface area contributed by atoms with E-state index in [0.29, 0.717) is 5.96 Å². The summed E-state index contributed by atoms with van der Waals surface area (Å²) in [5, 5.41) is 0. The van der Waals surface area contributed by atoms with Crippen LogP contribution in [0.5, 0.6) is 5.75 Å². The second kappa shape index (κ2) is 12.4. The van der Waals surface area contributed by atoms with Crippen molar-refractivity contribution in [3.63, 3.8) is 0 Å². The molecule has 142 valence electrons. The first-order chi connectivity index (χ1) is 11.7. The Morgan fingerprint density at radius 2 is 1.80 bits per heavy atom. The molecule has 1 aliphatic rings. The molecule has 2 rings (SSSR count). The summed E-state index contributed by atoms with van der Waals surface area (Å²) in [6.45, 7) is 10.9. The van der Waals surface area contributed by atoms with Crippen LogP contribution in [0.4, 0.5) is 0 Å². The fourth-order valence-electron chi connectivity index (χ4n) is 3.00. The van der Waals surface area contributed by atoms with E-state index in [4.69, 9.17) is 10.5 Å². The van der Waals surface area contributed by atoms with E-state index in [9.17, 15) is 0 Å². The average molecular weight is 460 g/mol. The van der Waals surface area contributed by atoms with E-state index in [1.54, 1.807) is 0 Å². The molecule has 0 spiro atoms. The lowest BCUT2D eigenvalue weighted by molar-refractivity contribution is 0.238. The van der Waals surface area contributed by atoms with Gasteiger partial charge in [-0.15, -0.1) is 24.0 Å². The van der Waals surface area contributed by atoms with Crippen molar-refractivity contribution in [1.29, 1.82) is 0 Å². The Kier molecular flexibility index (Phi) is 10.9. The third-order valence-electron chi connectivity index (χ3n) is 4.56. The summed E-state index contributed by atoms with van der Waals surface area (Å²) in [6.07, 6.45) is 3.56. The topological polar surface area (TPSA) is 54.1 Å². The molecule has 1 fully saturated rings. The van der Waals surface area contributed by atoms with Gasteiger partial charge in [0.1, 0.15) is 12.4 Å². The highest BCUT2D eigenvalue weighted by Crippen LogP contribution is 2.13. The molecule has 5 nitrogen and oxygen atoms in total. The van der Waals surface area contributed by atoms with Gasteiger partial charge in [-0.1, -0.05) is 12.1 Å². The van der Waals surface area contributed by atoms with Crippen molar-refractivity contribution in [2.24, 2.45) is 10.7 Å². The van der Waals surface area contributed by atoms with Crippen LogP contribution in [0.2, 0.25) is 0 Å². The van der Waals surface area contributed by atoms with E-state index in [1.807, 2.05) is 0 Å². The van der Waals surface area contributed by atoms with Gasteiger partial charge in [-0.05, 0) is 63.9 Å². The Morgan fingerprint density at radius 3 is 2.40 bits per heavy atom. The van der Waals surface area contributed by atoms with Gasteiger partial charge in [0, 0.05) is 26.2 Å². The molecule has 25 heavy (non-hydrogen) atoms. The largest absolute Gasteiger partial charge is 0.492 e. The lowest BCUT2D eigenvalue weighted by Crippen LogP contribution is -2.37. The van der Waals surface area contributed by atoms with Crippen LogP contribution < -0.4 is 10.5 Å². The molecule has 2 N–H and O–H groups in total. The normalized spacial score (nSPS) is 15.0. The van der Waals surface area contributed by atoms with Crippen LogP contribution in [-0.4, -0.2) is 61.6 Å². The number of benzene rings is 1. The standard InChI is InChI=1S/C19H32N4O.HI/c1-3-23(4-2)19(20)21-12-11-17-7-9-18(10-8-17)24-16-15-22-13-5-6-14-22;/h7-10H,3-6,11-16H2,1-2H3,(H2,20,21);1H. The summed E-state index contributed by atoms with van der Waals surface area (Å²) in [6, 6.07) is 8.34. The second-order valence-corrected chi connectivity index (χ2v) is 6.20. The molecule has 0 saturated carbocycles. The second-order valence-electron chi connectivity index (χ2n) is 6.20. The molecular weight excluding hydrogens is 427 g/mol. The van der Waals surface area contributed by atoms with Crippen LogP contribution >= 0.6 is 24.0 Å². The molecule has 0 radical (unpaired) electrons. The molecule has 1 heterocycles. The monoisotopic (exact) mass is 460 g/mol. The van der Waals surface area contributed by atoms with Gasteiger partial charge < -0.3 is 15.4 Å². The number of ether oxygens (including phenoxy) is 1. The molecule has 1 saturated heterocycles. The summed E-state index contributed by atoms with van der Waals surface area (Å²) < 4.78 is 5.83. The van der Waals surface area contributed by atoms with Crippen LogP contribution in [-0.2, 0) is 6.42 Å². The van der Waals surface area contributed by atoms with Gasteiger partial charge in [-0.2, -0.15) is 0 Å². The van der Waals surface area contributed by atoms with Gasteiger partial charge in [0.2, 0.25) is 0 Å². The van der Waals surface area contributed by atoms with Gasteiger partial charge in [-0.25, -0.2) is 0 Å². The number of hydrogen-bond acceptors (Lipinski definition) is 3. The first kappa shape index (κ1) is 22.0. The number of likely N-dealkylation sites (tertiary alicyclic amines) is 1. The zero-order valence-corrected chi connectivity index (χ0v) is 17.9. The number of hydrogen-bond donors (Lipinski definition) is 1. The van der Waals surface area contributed by atoms with Gasteiger partial charge >= 0.3 is 0 Å². The first-order valence-corrected chi connectivity index (χ1v) is 9.22.